The van der Waals surface area contributed by atoms with Gasteiger partial charge >= 0.3 is 0 Å². The second kappa shape index (κ2) is 12.3. The van der Waals surface area contributed by atoms with Crippen molar-refractivity contribution in [2.75, 3.05) is 5.73 Å². The molecule has 0 spiro atoms. The molecule has 1 aromatic carbocycles. The number of aromatic nitrogens is 6. The molecule has 0 radical (unpaired) electrons. The molecule has 16 heteroatoms. The zero-order valence-corrected chi connectivity index (χ0v) is 28.0. The molecule has 7 rings (SSSR count). The van der Waals surface area contributed by atoms with E-state index in [4.69, 9.17) is 22.3 Å². The van der Waals surface area contributed by atoms with E-state index in [1.807, 2.05) is 20.8 Å². The number of rotatable bonds is 8. The number of pyridine rings is 2. The third kappa shape index (κ3) is 6.37. The van der Waals surface area contributed by atoms with E-state index in [2.05, 4.69) is 32.5 Å². The molecule has 0 unspecified atom stereocenters. The van der Waals surface area contributed by atoms with E-state index in [0.717, 1.165) is 12.1 Å². The molecule has 0 bridgehead atoms. The summed E-state index contributed by atoms with van der Waals surface area (Å²) in [6.07, 6.45) is -3.31. The van der Waals surface area contributed by atoms with Crippen molar-refractivity contribution in [2.45, 2.75) is 64.5 Å². The minimum Gasteiger partial charge on any atom is -0.368 e. The van der Waals surface area contributed by atoms with Crippen LogP contribution in [0.2, 0.25) is 5.15 Å². The Hall–Kier alpha value is -5.10. The highest BCUT2D eigenvalue weighted by Gasteiger charge is 2.67. The number of hydrogen-bond acceptors (Lipinski definition) is 6. The fourth-order valence-electron chi connectivity index (χ4n) is 6.62. The van der Waals surface area contributed by atoms with Crippen molar-refractivity contribution >= 4 is 29.1 Å². The first kappa shape index (κ1) is 34.4. The monoisotopic (exact) mass is 726 g/mol. The fourth-order valence-corrected chi connectivity index (χ4v) is 6.85. The number of alkyl halides is 4. The molecule has 0 saturated heterocycles. The summed E-state index contributed by atoms with van der Waals surface area (Å²) in [6, 6.07) is 8.12. The second-order valence-corrected chi connectivity index (χ2v) is 14.1. The Morgan fingerprint density at radius 2 is 1.78 bits per heavy atom. The zero-order valence-electron chi connectivity index (χ0n) is 27.3. The molecule has 51 heavy (non-hydrogen) atoms. The van der Waals surface area contributed by atoms with E-state index in [-0.39, 0.29) is 52.1 Å². The third-order valence-corrected chi connectivity index (χ3v) is 9.09. The lowest BCUT2D eigenvalue weighted by Gasteiger charge is -2.23. The summed E-state index contributed by atoms with van der Waals surface area (Å²) < 4.78 is 89.3. The predicted molar refractivity (Wildman–Crippen MR) is 175 cm³/mol. The van der Waals surface area contributed by atoms with E-state index in [0.29, 0.717) is 21.9 Å². The van der Waals surface area contributed by atoms with Crippen LogP contribution in [-0.4, -0.2) is 35.3 Å². The van der Waals surface area contributed by atoms with Crippen LogP contribution < -0.4 is 11.1 Å². The van der Waals surface area contributed by atoms with Gasteiger partial charge in [0.1, 0.15) is 40.4 Å². The number of amides is 1. The van der Waals surface area contributed by atoms with Crippen LogP contribution in [0.15, 0.2) is 42.5 Å². The molecule has 2 aliphatic carbocycles. The number of fused-ring (bicyclic) bond motifs is 4. The molecule has 4 heterocycles. The highest BCUT2D eigenvalue weighted by atomic mass is 35.5. The number of nitrogens with two attached hydrogens (primary N) is 1. The van der Waals surface area contributed by atoms with Crippen LogP contribution in [0.5, 0.6) is 0 Å². The largest absolute Gasteiger partial charge is 0.368 e. The fraction of sp³-hybridized carbons (Fsp3) is 0.343. The van der Waals surface area contributed by atoms with Crippen LogP contribution in [0.4, 0.5) is 32.3 Å². The van der Waals surface area contributed by atoms with E-state index >= 15 is 8.78 Å². The molecule has 3 N–H and O–H groups in total. The van der Waals surface area contributed by atoms with Crippen molar-refractivity contribution in [3.63, 3.8) is 0 Å². The standard InChI is InChI=1S/C35H29ClF6N8O/c1-34(2,3)9-8-19-4-5-20(21-6-7-25(36)50-32(21)46-47-33(50)43)28(44-19)24(12-16-10-17(37)13-18(38)11-16)45-26(51)15-49-30-27(29(48-49)31(39)40)22-14-23(22)35(30,41)42/h4-7,10-11,13,22-24,31H,12,14-15H2,1-3H3,(H2,43,47)(H,45,51)/t22-,23+,24-/m0/s1. The van der Waals surface area contributed by atoms with Gasteiger partial charge in [-0.1, -0.05) is 17.5 Å². The number of nitrogen functional groups attached to an aromatic ring is 1. The minimum atomic E-state index is -3.45. The summed E-state index contributed by atoms with van der Waals surface area (Å²) in [5.74, 6) is -1.89. The molecule has 1 amide bonds. The van der Waals surface area contributed by atoms with Crippen molar-refractivity contribution in [1.29, 1.82) is 0 Å². The average molecular weight is 727 g/mol. The van der Waals surface area contributed by atoms with Gasteiger partial charge in [-0.15, -0.1) is 10.2 Å². The lowest BCUT2D eigenvalue weighted by atomic mass is 9.94. The van der Waals surface area contributed by atoms with Gasteiger partial charge in [-0.05, 0) is 87.4 Å². The normalized spacial score (nSPS) is 17.9. The van der Waals surface area contributed by atoms with Crippen molar-refractivity contribution in [3.05, 3.63) is 93.2 Å². The average Bonchev–Trinajstić information content (AvgIpc) is 3.53. The van der Waals surface area contributed by atoms with Gasteiger partial charge in [-0.2, -0.15) is 13.9 Å². The Kier molecular flexibility index (Phi) is 8.28. The van der Waals surface area contributed by atoms with Crippen LogP contribution in [0.25, 0.3) is 16.8 Å². The predicted octanol–water partition coefficient (Wildman–Crippen LogP) is 7.15. The van der Waals surface area contributed by atoms with Crippen molar-refractivity contribution in [1.82, 2.24) is 34.7 Å². The van der Waals surface area contributed by atoms with E-state index in [9.17, 15) is 22.4 Å². The van der Waals surface area contributed by atoms with E-state index < -0.39 is 71.1 Å². The molecule has 4 aromatic heterocycles. The second-order valence-electron chi connectivity index (χ2n) is 13.7. The molecule has 1 fully saturated rings. The SMILES string of the molecule is CC(C)(C)C#Cc1ccc(-c2ccc(Cl)n3c(N)nnc23)c([C@H](Cc2cc(F)cc(F)c2)NC(=O)Cn2nc(C(F)F)c3c2C(F)(F)[C@@H]2C[C@H]32)n1. The summed E-state index contributed by atoms with van der Waals surface area (Å²) in [6.45, 7) is 4.85. The van der Waals surface area contributed by atoms with Gasteiger partial charge in [0.15, 0.2) is 5.65 Å². The Morgan fingerprint density at radius 3 is 2.47 bits per heavy atom. The highest BCUT2D eigenvalue weighted by Crippen LogP contribution is 2.68. The number of nitrogens with zero attached hydrogens (tertiary/aromatic N) is 6. The van der Waals surface area contributed by atoms with Gasteiger partial charge in [-0.3, -0.25) is 13.9 Å². The van der Waals surface area contributed by atoms with Gasteiger partial charge in [0.2, 0.25) is 11.9 Å². The zero-order chi connectivity index (χ0) is 36.6. The van der Waals surface area contributed by atoms with Crippen molar-refractivity contribution in [3.8, 4) is 23.0 Å². The summed E-state index contributed by atoms with van der Waals surface area (Å²) in [4.78, 5) is 18.6. The van der Waals surface area contributed by atoms with Crippen molar-refractivity contribution in [2.24, 2.45) is 11.3 Å². The Labute approximate surface area is 292 Å². The van der Waals surface area contributed by atoms with Gasteiger partial charge in [-0.25, -0.2) is 22.5 Å². The first-order valence-electron chi connectivity index (χ1n) is 15.9. The Morgan fingerprint density at radius 1 is 1.08 bits per heavy atom. The molecular weight excluding hydrogens is 698 g/mol. The maximum atomic E-state index is 15.3. The van der Waals surface area contributed by atoms with Gasteiger partial charge < -0.3 is 11.1 Å². The lowest BCUT2D eigenvalue weighted by molar-refractivity contribution is -0.123. The number of anilines is 1. The van der Waals surface area contributed by atoms with Crippen LogP contribution in [0.1, 0.15) is 79.5 Å². The molecule has 1 saturated carbocycles. The van der Waals surface area contributed by atoms with Gasteiger partial charge in [0, 0.05) is 34.1 Å². The molecule has 264 valence electrons. The molecular formula is C35H29ClF6N8O. The smallest absolute Gasteiger partial charge is 0.293 e. The van der Waals surface area contributed by atoms with Crippen LogP contribution in [-0.2, 0) is 23.7 Å². The number of hydrogen-bond donors (Lipinski definition) is 2. The maximum absolute atomic E-state index is 15.3. The topological polar surface area (TPSA) is 116 Å². The van der Waals surface area contributed by atoms with Gasteiger partial charge in [0.25, 0.3) is 12.3 Å². The quantitative estimate of drug-likeness (QED) is 0.0998. The summed E-state index contributed by atoms with van der Waals surface area (Å²) in [5.41, 5.74) is 5.48. The molecule has 2 aliphatic rings. The first-order valence-corrected chi connectivity index (χ1v) is 16.2. The number of nitrogens with one attached hydrogen (secondary N) is 1. The van der Waals surface area contributed by atoms with Crippen molar-refractivity contribution < 1.29 is 31.1 Å². The molecule has 9 nitrogen and oxygen atoms in total. The summed E-state index contributed by atoms with van der Waals surface area (Å²) in [7, 11) is 0. The summed E-state index contributed by atoms with van der Waals surface area (Å²) >= 11 is 6.38. The van der Waals surface area contributed by atoms with Crippen LogP contribution >= 0.6 is 11.6 Å². The summed E-state index contributed by atoms with van der Waals surface area (Å²) in [5, 5.41) is 14.8. The lowest BCUT2D eigenvalue weighted by Crippen LogP contribution is -2.35. The van der Waals surface area contributed by atoms with E-state index in [1.165, 1.54) is 4.40 Å². The van der Waals surface area contributed by atoms with E-state index in [1.54, 1.807) is 24.3 Å². The first-order chi connectivity index (χ1) is 24.0. The van der Waals surface area contributed by atoms with Gasteiger partial charge in [0.05, 0.1) is 11.7 Å². The highest BCUT2D eigenvalue weighted by molar-refractivity contribution is 6.30. The van der Waals surface area contributed by atoms with Crippen LogP contribution in [0.3, 0.4) is 0 Å². The number of carbonyl (C=O) groups is 1. The molecule has 5 aromatic rings. The number of carbonyl (C=O) groups excluding carboxylic acids is 1. The number of benzene rings is 1. The molecule has 0 aliphatic heterocycles. The molecule has 3 atom stereocenters. The Bertz CT molecular complexity index is 2270. The number of halogens is 7. The minimum absolute atomic E-state index is 0.0107. The maximum Gasteiger partial charge on any atom is 0.293 e. The van der Waals surface area contributed by atoms with Crippen LogP contribution in [0, 0.1) is 34.8 Å². The Balaban J connectivity index is 1.35. The third-order valence-electron chi connectivity index (χ3n) is 8.80.